The highest BCUT2D eigenvalue weighted by molar-refractivity contribution is 5.33. The molecular weight excluding hydrogens is 358 g/mol. The van der Waals surface area contributed by atoms with E-state index >= 15 is 0 Å². The fourth-order valence-electron chi connectivity index (χ4n) is 3.06. The normalized spacial score (nSPS) is 13.7. The first-order chi connectivity index (χ1) is 12.3. The van der Waals surface area contributed by atoms with Crippen LogP contribution in [-0.2, 0) is 17.7 Å². The Morgan fingerprint density at radius 2 is 1.44 bits per heavy atom. The highest BCUT2D eigenvalue weighted by Crippen LogP contribution is 2.24. The largest absolute Gasteiger partial charge is 1.00 e. The van der Waals surface area contributed by atoms with Crippen LogP contribution in [0.4, 0.5) is 0 Å². The summed E-state index contributed by atoms with van der Waals surface area (Å²) < 4.78 is 13.1. The van der Waals surface area contributed by atoms with Gasteiger partial charge in [0.05, 0.1) is 14.1 Å². The van der Waals surface area contributed by atoms with Crippen molar-refractivity contribution in [1.29, 1.82) is 0 Å². The van der Waals surface area contributed by atoms with E-state index in [-0.39, 0.29) is 24.9 Å². The van der Waals surface area contributed by atoms with Crippen LogP contribution in [0.15, 0.2) is 54.6 Å². The van der Waals surface area contributed by atoms with E-state index in [4.69, 9.17) is 9.47 Å². The molecule has 0 aliphatic heterocycles. The standard InChI is InChI=1S/C23H34NO2.ClH/c1-18(2)16-22-14-10-11-15-23(22)26-20(4)25-19(3)24(5,6)17-21-12-8-7-9-13-21;/h7-15,18-20H,16-17H2,1-6H3;1H/q+1;/p-1. The summed E-state index contributed by atoms with van der Waals surface area (Å²) in [6.07, 6.45) is 0.725. The van der Waals surface area contributed by atoms with Crippen LogP contribution in [0.2, 0.25) is 0 Å². The quantitative estimate of drug-likeness (QED) is 0.482. The molecule has 0 saturated heterocycles. The van der Waals surface area contributed by atoms with Crippen LogP contribution in [0.1, 0.15) is 38.8 Å². The van der Waals surface area contributed by atoms with Crippen molar-refractivity contribution in [1.82, 2.24) is 0 Å². The number of hydrogen-bond acceptors (Lipinski definition) is 2. The molecule has 2 aromatic rings. The van der Waals surface area contributed by atoms with Gasteiger partial charge in [0, 0.05) is 12.5 Å². The van der Waals surface area contributed by atoms with Gasteiger partial charge in [0.25, 0.3) is 0 Å². The van der Waals surface area contributed by atoms with E-state index in [2.05, 4.69) is 71.3 Å². The average Bonchev–Trinajstić information content (AvgIpc) is 2.56. The molecule has 2 atom stereocenters. The van der Waals surface area contributed by atoms with Gasteiger partial charge in [0.2, 0.25) is 6.29 Å². The molecule has 3 nitrogen and oxygen atoms in total. The topological polar surface area (TPSA) is 18.5 Å². The summed E-state index contributed by atoms with van der Waals surface area (Å²) in [4.78, 5) is 0. The first-order valence-electron chi connectivity index (χ1n) is 9.54. The molecule has 2 unspecified atom stereocenters. The lowest BCUT2D eigenvalue weighted by Gasteiger charge is -2.37. The van der Waals surface area contributed by atoms with Crippen LogP contribution in [-0.4, -0.2) is 31.1 Å². The summed E-state index contributed by atoms with van der Waals surface area (Å²) in [6.45, 7) is 9.46. The molecule has 4 heteroatoms. The van der Waals surface area contributed by atoms with Crippen LogP contribution < -0.4 is 17.1 Å². The van der Waals surface area contributed by atoms with Gasteiger partial charge >= 0.3 is 0 Å². The summed E-state index contributed by atoms with van der Waals surface area (Å²) in [5.41, 5.74) is 2.55. The number of halogens is 1. The minimum absolute atomic E-state index is 0. The molecule has 2 rings (SSSR count). The number of benzene rings is 2. The highest BCUT2D eigenvalue weighted by Gasteiger charge is 2.27. The van der Waals surface area contributed by atoms with Gasteiger partial charge in [-0.15, -0.1) is 0 Å². The van der Waals surface area contributed by atoms with Gasteiger partial charge in [-0.1, -0.05) is 62.4 Å². The number of hydrogen-bond donors (Lipinski definition) is 0. The lowest BCUT2D eigenvalue weighted by Crippen LogP contribution is -3.00. The Labute approximate surface area is 171 Å². The van der Waals surface area contributed by atoms with Gasteiger partial charge in [-0.25, -0.2) is 0 Å². The van der Waals surface area contributed by atoms with Crippen LogP contribution in [0.5, 0.6) is 5.75 Å². The van der Waals surface area contributed by atoms with Crippen LogP contribution in [0.3, 0.4) is 0 Å². The fourth-order valence-corrected chi connectivity index (χ4v) is 3.06. The Kier molecular flexibility index (Phi) is 9.31. The zero-order valence-corrected chi connectivity index (χ0v) is 18.2. The molecule has 0 saturated carbocycles. The molecular formula is C23H34ClNO2. The second kappa shape index (κ2) is 10.7. The SMILES string of the molecule is CC(C)Cc1ccccc1OC(C)OC(C)[N+](C)(C)Cc1ccccc1.[Cl-]. The third-order valence-corrected chi connectivity index (χ3v) is 4.70. The Hall–Kier alpha value is -1.55. The summed E-state index contributed by atoms with van der Waals surface area (Å²) in [6, 6.07) is 18.8. The molecule has 0 heterocycles. The van der Waals surface area contributed by atoms with Crippen molar-refractivity contribution >= 4 is 0 Å². The fraction of sp³-hybridized carbons (Fsp3) is 0.478. The van der Waals surface area contributed by atoms with Crippen molar-refractivity contribution in [3.8, 4) is 5.75 Å². The van der Waals surface area contributed by atoms with Gasteiger partial charge in [-0.2, -0.15) is 0 Å². The molecule has 2 aromatic carbocycles. The van der Waals surface area contributed by atoms with Crippen molar-refractivity contribution in [2.24, 2.45) is 5.92 Å². The Morgan fingerprint density at radius 1 is 0.852 bits per heavy atom. The summed E-state index contributed by atoms with van der Waals surface area (Å²) >= 11 is 0. The Morgan fingerprint density at radius 3 is 2.07 bits per heavy atom. The van der Waals surface area contributed by atoms with Gasteiger partial charge in [-0.05, 0) is 30.9 Å². The number of quaternary nitrogens is 1. The molecule has 0 N–H and O–H groups in total. The maximum absolute atomic E-state index is 6.20. The summed E-state index contributed by atoms with van der Waals surface area (Å²) in [5.74, 6) is 1.52. The molecule has 0 amide bonds. The van der Waals surface area contributed by atoms with Crippen molar-refractivity contribution < 1.29 is 26.4 Å². The van der Waals surface area contributed by atoms with E-state index in [9.17, 15) is 0 Å². The monoisotopic (exact) mass is 391 g/mol. The van der Waals surface area contributed by atoms with Crippen LogP contribution in [0.25, 0.3) is 0 Å². The molecule has 0 bridgehead atoms. The number of rotatable bonds is 9. The van der Waals surface area contributed by atoms with E-state index in [1.54, 1.807) is 0 Å². The molecule has 0 spiro atoms. The summed E-state index contributed by atoms with van der Waals surface area (Å²) in [7, 11) is 4.38. The Bertz CT molecular complexity index is 673. The van der Waals surface area contributed by atoms with Gasteiger partial charge < -0.3 is 17.1 Å². The first kappa shape index (κ1) is 23.5. The summed E-state index contributed by atoms with van der Waals surface area (Å²) in [5, 5.41) is 0. The van der Waals surface area contributed by atoms with Gasteiger partial charge in [0.1, 0.15) is 12.3 Å². The third kappa shape index (κ3) is 7.53. The zero-order chi connectivity index (χ0) is 19.2. The van der Waals surface area contributed by atoms with E-state index < -0.39 is 0 Å². The van der Waals surface area contributed by atoms with Crippen molar-refractivity contribution in [2.45, 2.75) is 53.2 Å². The van der Waals surface area contributed by atoms with E-state index in [1.165, 1.54) is 11.1 Å². The zero-order valence-electron chi connectivity index (χ0n) is 17.5. The first-order valence-corrected chi connectivity index (χ1v) is 9.54. The van der Waals surface area contributed by atoms with E-state index in [1.807, 2.05) is 25.1 Å². The molecule has 0 fully saturated rings. The molecule has 150 valence electrons. The van der Waals surface area contributed by atoms with E-state index in [0.29, 0.717) is 5.92 Å². The number of nitrogens with zero attached hydrogens (tertiary/aromatic N) is 1. The molecule has 27 heavy (non-hydrogen) atoms. The van der Waals surface area contributed by atoms with Crippen molar-refractivity contribution in [3.05, 3.63) is 65.7 Å². The minimum atomic E-state index is -0.300. The average molecular weight is 392 g/mol. The maximum atomic E-state index is 6.20. The Balaban J connectivity index is 0.00000364. The van der Waals surface area contributed by atoms with Gasteiger partial charge in [0.15, 0.2) is 6.23 Å². The number of para-hydroxylation sites is 1. The second-order valence-electron chi connectivity index (χ2n) is 8.05. The highest BCUT2D eigenvalue weighted by atomic mass is 35.5. The van der Waals surface area contributed by atoms with Crippen molar-refractivity contribution in [3.63, 3.8) is 0 Å². The van der Waals surface area contributed by atoms with Crippen LogP contribution >= 0.6 is 0 Å². The maximum Gasteiger partial charge on any atom is 0.202 e. The molecule has 0 radical (unpaired) electrons. The van der Waals surface area contributed by atoms with Gasteiger partial charge in [-0.3, -0.25) is 9.22 Å². The lowest BCUT2D eigenvalue weighted by molar-refractivity contribution is -0.949. The van der Waals surface area contributed by atoms with Crippen molar-refractivity contribution in [2.75, 3.05) is 14.1 Å². The third-order valence-electron chi connectivity index (χ3n) is 4.70. The smallest absolute Gasteiger partial charge is 0.202 e. The minimum Gasteiger partial charge on any atom is -1.00 e. The molecule has 0 aliphatic carbocycles. The molecule has 0 aliphatic rings. The molecule has 0 aromatic heterocycles. The predicted octanol–water partition coefficient (Wildman–Crippen LogP) is 2.25. The van der Waals surface area contributed by atoms with E-state index in [0.717, 1.165) is 23.2 Å². The predicted molar refractivity (Wildman–Crippen MR) is 108 cm³/mol. The second-order valence-corrected chi connectivity index (χ2v) is 8.05. The lowest BCUT2D eigenvalue weighted by atomic mass is 10.0. The van der Waals surface area contributed by atoms with Crippen LogP contribution in [0, 0.1) is 5.92 Å². The number of ether oxygens (including phenoxy) is 2.